The maximum Gasteiger partial charge on any atom is 0.263 e. The van der Waals surface area contributed by atoms with E-state index in [1.54, 1.807) is 31.2 Å². The van der Waals surface area contributed by atoms with Crippen LogP contribution >= 0.6 is 11.6 Å². The Kier molecular flexibility index (Phi) is 7.53. The fraction of sp³-hybridized carbons (Fsp3) is 0.391. The lowest BCUT2D eigenvalue weighted by Crippen LogP contribution is -2.49. The van der Waals surface area contributed by atoms with Crippen molar-refractivity contribution in [3.63, 3.8) is 0 Å². The number of carbonyl (C=O) groups excluding carboxylic acids is 2. The van der Waals surface area contributed by atoms with Crippen molar-refractivity contribution in [2.24, 2.45) is 0 Å². The molecule has 2 aromatic rings. The number of rotatable bonds is 7. The Morgan fingerprint density at radius 2 is 1.76 bits per heavy atom. The summed E-state index contributed by atoms with van der Waals surface area (Å²) in [5.41, 5.74) is 1.16. The molecule has 29 heavy (non-hydrogen) atoms. The highest BCUT2D eigenvalue weighted by Crippen LogP contribution is 2.18. The van der Waals surface area contributed by atoms with Crippen LogP contribution in [0.3, 0.4) is 0 Å². The van der Waals surface area contributed by atoms with Crippen LogP contribution in [0.2, 0.25) is 5.02 Å². The number of hydrogen-bond donors (Lipinski definition) is 1. The number of halogens is 1. The zero-order valence-corrected chi connectivity index (χ0v) is 17.4. The third-order valence-corrected chi connectivity index (χ3v) is 5.38. The van der Waals surface area contributed by atoms with E-state index in [9.17, 15) is 9.59 Å². The molecule has 5 nitrogen and oxygen atoms in total. The first-order valence-corrected chi connectivity index (χ1v) is 10.4. The number of hydrogen-bond acceptors (Lipinski definition) is 3. The first kappa shape index (κ1) is 21.2. The molecule has 1 unspecified atom stereocenters. The molecule has 1 N–H and O–H groups in total. The molecule has 3 rings (SSSR count). The SMILES string of the molecule is CC(Oc1ccc(Cl)cc1)C(=O)N1CCC(NC(=O)CCc2ccccc2)CC1. The van der Waals surface area contributed by atoms with E-state index in [2.05, 4.69) is 5.32 Å². The third kappa shape index (κ3) is 6.50. The van der Waals surface area contributed by atoms with Crippen LogP contribution in [0, 0.1) is 0 Å². The molecule has 1 aliphatic heterocycles. The summed E-state index contributed by atoms with van der Waals surface area (Å²) in [6.07, 6.45) is 2.18. The molecular formula is C23H27ClN2O3. The highest BCUT2D eigenvalue weighted by Gasteiger charge is 2.27. The van der Waals surface area contributed by atoms with E-state index in [0.29, 0.717) is 30.3 Å². The quantitative estimate of drug-likeness (QED) is 0.748. The van der Waals surface area contributed by atoms with E-state index in [4.69, 9.17) is 16.3 Å². The van der Waals surface area contributed by atoms with Gasteiger partial charge in [-0.2, -0.15) is 0 Å². The number of nitrogens with zero attached hydrogens (tertiary/aromatic N) is 1. The Hall–Kier alpha value is -2.53. The molecule has 0 saturated carbocycles. The average molecular weight is 415 g/mol. The summed E-state index contributed by atoms with van der Waals surface area (Å²) in [6.45, 7) is 3.00. The summed E-state index contributed by atoms with van der Waals surface area (Å²) >= 11 is 5.87. The van der Waals surface area contributed by atoms with Crippen LogP contribution in [0.1, 0.15) is 31.7 Å². The maximum atomic E-state index is 12.6. The van der Waals surface area contributed by atoms with Gasteiger partial charge in [0.1, 0.15) is 5.75 Å². The lowest BCUT2D eigenvalue weighted by atomic mass is 10.0. The third-order valence-electron chi connectivity index (χ3n) is 5.13. The second-order valence-electron chi connectivity index (χ2n) is 7.37. The molecular weight excluding hydrogens is 388 g/mol. The highest BCUT2D eigenvalue weighted by molar-refractivity contribution is 6.30. The molecule has 1 aliphatic rings. The zero-order valence-electron chi connectivity index (χ0n) is 16.6. The minimum Gasteiger partial charge on any atom is -0.481 e. The summed E-state index contributed by atoms with van der Waals surface area (Å²) in [6, 6.07) is 17.1. The number of aryl methyl sites for hydroxylation is 1. The Bertz CT molecular complexity index is 803. The van der Waals surface area contributed by atoms with Gasteiger partial charge in [0, 0.05) is 30.6 Å². The molecule has 0 spiro atoms. The van der Waals surface area contributed by atoms with Crippen molar-refractivity contribution in [1.82, 2.24) is 10.2 Å². The normalized spacial score (nSPS) is 15.6. The van der Waals surface area contributed by atoms with Crippen LogP contribution in [0.5, 0.6) is 5.75 Å². The van der Waals surface area contributed by atoms with Gasteiger partial charge in [-0.15, -0.1) is 0 Å². The van der Waals surface area contributed by atoms with Gasteiger partial charge in [0.25, 0.3) is 5.91 Å². The molecule has 6 heteroatoms. The van der Waals surface area contributed by atoms with Crippen LogP contribution in [-0.4, -0.2) is 41.9 Å². The lowest BCUT2D eigenvalue weighted by molar-refractivity contribution is -0.139. The van der Waals surface area contributed by atoms with Gasteiger partial charge in [-0.1, -0.05) is 41.9 Å². The largest absolute Gasteiger partial charge is 0.481 e. The molecule has 1 heterocycles. The van der Waals surface area contributed by atoms with Crippen LogP contribution in [-0.2, 0) is 16.0 Å². The minimum absolute atomic E-state index is 0.0335. The topological polar surface area (TPSA) is 58.6 Å². The Morgan fingerprint density at radius 3 is 2.41 bits per heavy atom. The van der Waals surface area contributed by atoms with Crippen LogP contribution < -0.4 is 10.1 Å². The lowest BCUT2D eigenvalue weighted by Gasteiger charge is -2.33. The molecule has 154 valence electrons. The number of carbonyl (C=O) groups is 2. The van der Waals surface area contributed by atoms with E-state index in [1.807, 2.05) is 35.2 Å². The van der Waals surface area contributed by atoms with E-state index in [0.717, 1.165) is 24.8 Å². The van der Waals surface area contributed by atoms with Gasteiger partial charge in [0.2, 0.25) is 5.91 Å². The maximum absolute atomic E-state index is 12.6. The fourth-order valence-electron chi connectivity index (χ4n) is 3.47. The predicted octanol–water partition coefficient (Wildman–Crippen LogP) is 3.85. The number of piperidine rings is 1. The standard InChI is InChI=1S/C23H27ClN2O3/c1-17(29-21-10-8-19(24)9-11-21)23(28)26-15-13-20(14-16-26)25-22(27)12-7-18-5-3-2-4-6-18/h2-6,8-11,17,20H,7,12-16H2,1H3,(H,25,27). The van der Waals surface area contributed by atoms with Crippen molar-refractivity contribution in [2.75, 3.05) is 13.1 Å². The summed E-state index contributed by atoms with van der Waals surface area (Å²) in [5, 5.41) is 3.73. The fourth-order valence-corrected chi connectivity index (χ4v) is 3.60. The second kappa shape index (κ2) is 10.3. The molecule has 0 bridgehead atoms. The van der Waals surface area contributed by atoms with Crippen molar-refractivity contribution in [1.29, 1.82) is 0 Å². The first-order valence-electron chi connectivity index (χ1n) is 10.1. The van der Waals surface area contributed by atoms with Crippen LogP contribution in [0.4, 0.5) is 0 Å². The van der Waals surface area contributed by atoms with Gasteiger partial charge in [-0.25, -0.2) is 0 Å². The monoisotopic (exact) mass is 414 g/mol. The number of benzene rings is 2. The number of nitrogens with one attached hydrogen (secondary N) is 1. The van der Waals surface area contributed by atoms with Gasteiger partial charge >= 0.3 is 0 Å². The second-order valence-corrected chi connectivity index (χ2v) is 7.80. The molecule has 1 atom stereocenters. The van der Waals surface area contributed by atoms with Gasteiger partial charge in [0.05, 0.1) is 0 Å². The molecule has 1 fully saturated rings. The van der Waals surface area contributed by atoms with Gasteiger partial charge in [-0.3, -0.25) is 9.59 Å². The Balaban J connectivity index is 1.39. The van der Waals surface area contributed by atoms with Gasteiger partial charge in [0.15, 0.2) is 6.10 Å². The highest BCUT2D eigenvalue weighted by atomic mass is 35.5. The molecule has 1 saturated heterocycles. The van der Waals surface area contributed by atoms with Crippen LogP contribution in [0.15, 0.2) is 54.6 Å². The summed E-state index contributed by atoms with van der Waals surface area (Å²) in [7, 11) is 0. The van der Waals surface area contributed by atoms with Gasteiger partial charge < -0.3 is 15.0 Å². The molecule has 2 amide bonds. The van der Waals surface area contributed by atoms with Crippen molar-refractivity contribution in [2.45, 2.75) is 44.8 Å². The molecule has 2 aromatic carbocycles. The summed E-state index contributed by atoms with van der Waals surface area (Å²) in [5.74, 6) is 0.655. The Labute approximate surface area is 177 Å². The minimum atomic E-state index is -0.562. The molecule has 0 radical (unpaired) electrons. The first-order chi connectivity index (χ1) is 14.0. The summed E-state index contributed by atoms with van der Waals surface area (Å²) < 4.78 is 5.73. The van der Waals surface area contributed by atoms with Gasteiger partial charge in [-0.05, 0) is 56.0 Å². The van der Waals surface area contributed by atoms with Crippen molar-refractivity contribution in [3.8, 4) is 5.75 Å². The van der Waals surface area contributed by atoms with Crippen LogP contribution in [0.25, 0.3) is 0 Å². The van der Waals surface area contributed by atoms with Crippen molar-refractivity contribution in [3.05, 3.63) is 65.2 Å². The predicted molar refractivity (Wildman–Crippen MR) is 114 cm³/mol. The van der Waals surface area contributed by atoms with E-state index < -0.39 is 6.10 Å². The number of likely N-dealkylation sites (tertiary alicyclic amines) is 1. The molecule has 0 aliphatic carbocycles. The van der Waals surface area contributed by atoms with Crippen molar-refractivity contribution < 1.29 is 14.3 Å². The van der Waals surface area contributed by atoms with Crippen molar-refractivity contribution >= 4 is 23.4 Å². The average Bonchev–Trinajstić information content (AvgIpc) is 2.74. The smallest absolute Gasteiger partial charge is 0.263 e. The van der Waals surface area contributed by atoms with E-state index in [1.165, 1.54) is 0 Å². The Morgan fingerprint density at radius 1 is 1.10 bits per heavy atom. The molecule has 0 aromatic heterocycles. The summed E-state index contributed by atoms with van der Waals surface area (Å²) in [4.78, 5) is 26.7. The number of amides is 2. The zero-order chi connectivity index (χ0) is 20.6. The number of ether oxygens (including phenoxy) is 1. The van der Waals surface area contributed by atoms with E-state index >= 15 is 0 Å². The van der Waals surface area contributed by atoms with E-state index in [-0.39, 0.29) is 17.9 Å².